The van der Waals surface area contributed by atoms with E-state index in [1.165, 1.54) is 127 Å². The van der Waals surface area contributed by atoms with E-state index in [1.807, 2.05) is 0 Å². The Labute approximate surface area is 323 Å². The number of nitrogen functional groups attached to an aromatic ring is 1. The minimum Gasteiger partial charge on any atom is -0.387 e. The molecule has 2 aliphatic rings. The molecule has 1 saturated carbocycles. The lowest BCUT2D eigenvalue weighted by Gasteiger charge is -2.28. The number of nitrogens with zero attached hydrogens (tertiary/aromatic N) is 3. The van der Waals surface area contributed by atoms with Crippen LogP contribution in [0, 0.1) is 5.92 Å². The molecule has 1 unspecified atom stereocenters. The fourth-order valence-electron chi connectivity index (χ4n) is 7.66. The first-order chi connectivity index (χ1) is 26.1. The maximum Gasteiger partial charge on any atom is 0.472 e. The predicted molar refractivity (Wildman–Crippen MR) is 210 cm³/mol. The summed E-state index contributed by atoms with van der Waals surface area (Å²) < 4.78 is 43.5. The zero-order chi connectivity index (χ0) is 38.7. The van der Waals surface area contributed by atoms with Gasteiger partial charge >= 0.3 is 7.82 Å². The number of aliphatic hydroxyl groups is 2. The Hall–Kier alpha value is -1.67. The summed E-state index contributed by atoms with van der Waals surface area (Å²) in [6.07, 6.45) is 23.8. The van der Waals surface area contributed by atoms with Gasteiger partial charge in [-0.2, -0.15) is 5.10 Å². The van der Waals surface area contributed by atoms with E-state index in [0.29, 0.717) is 30.3 Å². The summed E-state index contributed by atoms with van der Waals surface area (Å²) in [6.45, 7) is 4.46. The van der Waals surface area contributed by atoms with Crippen molar-refractivity contribution in [2.45, 2.75) is 179 Å². The number of ether oxygens (including phenoxy) is 3. The Kier molecular flexibility index (Phi) is 20.2. The second-order valence-corrected chi connectivity index (χ2v) is 17.3. The number of hydrogen-bond donors (Lipinski definition) is 4. The number of aromatic nitrogens is 3. The third-order valence-electron chi connectivity index (χ3n) is 11.1. The van der Waals surface area contributed by atoms with E-state index in [9.17, 15) is 19.7 Å². The third-order valence-corrected chi connectivity index (χ3v) is 12.1. The molecule has 3 heterocycles. The van der Waals surface area contributed by atoms with Gasteiger partial charge in [0.2, 0.25) is 0 Å². The van der Waals surface area contributed by atoms with E-state index in [1.54, 1.807) is 12.1 Å². The summed E-state index contributed by atoms with van der Waals surface area (Å²) in [7, 11) is -4.60. The molecule has 4 rings (SSSR count). The number of aliphatic hydroxyl groups excluding tert-OH is 2. The van der Waals surface area contributed by atoms with Gasteiger partial charge < -0.3 is 35.1 Å². The Balaban J connectivity index is 1.12. The zero-order valence-corrected chi connectivity index (χ0v) is 34.1. The Bertz CT molecular complexity index is 1360. The molecule has 2 aromatic rings. The van der Waals surface area contributed by atoms with Gasteiger partial charge in [0.15, 0.2) is 5.82 Å². The summed E-state index contributed by atoms with van der Waals surface area (Å²) in [5.74, 6) is 0.708. The minimum atomic E-state index is -4.60. The maximum atomic E-state index is 13.1. The monoisotopic (exact) mass is 782 g/mol. The van der Waals surface area contributed by atoms with Gasteiger partial charge in [-0.3, -0.25) is 9.05 Å². The molecule has 0 bridgehead atoms. The summed E-state index contributed by atoms with van der Waals surface area (Å²) in [6, 6.07) is 3.36. The van der Waals surface area contributed by atoms with Crippen LogP contribution in [0.1, 0.15) is 160 Å². The van der Waals surface area contributed by atoms with E-state index >= 15 is 0 Å². The average Bonchev–Trinajstić information content (AvgIpc) is 3.70. The number of phosphoric ester groups is 1. The zero-order valence-electron chi connectivity index (χ0n) is 33.2. The van der Waals surface area contributed by atoms with Gasteiger partial charge in [-0.15, -0.1) is 0 Å². The molecular weight excluding hydrogens is 711 g/mol. The SMILES string of the molecule is CCCCCCCCCCCCCCCCCCOC[C@H](COP(=O)(O)OC[C@@]1(C)O[C@@H](c2ccc3c(N)ncnn23)[C@H](O)[C@@H]1O)OCC1CCCCC1. The first-order valence-corrected chi connectivity index (χ1v) is 22.6. The second-order valence-electron chi connectivity index (χ2n) is 15.9. The van der Waals surface area contributed by atoms with Crippen LogP contribution in [0.3, 0.4) is 0 Å². The second kappa shape index (κ2) is 24.2. The van der Waals surface area contributed by atoms with Crippen LogP contribution in [0.2, 0.25) is 0 Å². The molecule has 1 aliphatic carbocycles. The number of anilines is 1. The van der Waals surface area contributed by atoms with Crippen molar-refractivity contribution in [2.24, 2.45) is 5.92 Å². The fourth-order valence-corrected chi connectivity index (χ4v) is 8.51. The van der Waals surface area contributed by atoms with Gasteiger partial charge in [0.25, 0.3) is 0 Å². The van der Waals surface area contributed by atoms with Crippen LogP contribution < -0.4 is 5.73 Å². The molecular formula is C40H71N4O9P. The topological polar surface area (TPSA) is 180 Å². The van der Waals surface area contributed by atoms with Crippen LogP contribution in [0.15, 0.2) is 18.5 Å². The van der Waals surface area contributed by atoms with Crippen molar-refractivity contribution < 1.29 is 42.9 Å². The van der Waals surface area contributed by atoms with Crippen LogP contribution in [0.4, 0.5) is 5.82 Å². The lowest BCUT2D eigenvalue weighted by Crippen LogP contribution is -2.44. The molecule has 54 heavy (non-hydrogen) atoms. The highest BCUT2D eigenvalue weighted by Crippen LogP contribution is 2.47. The normalized spacial score (nSPS) is 24.0. The van der Waals surface area contributed by atoms with Crippen molar-refractivity contribution in [1.82, 2.24) is 14.6 Å². The molecule has 2 fully saturated rings. The van der Waals surface area contributed by atoms with Gasteiger partial charge in [0.05, 0.1) is 25.5 Å². The summed E-state index contributed by atoms with van der Waals surface area (Å²) in [5.41, 5.74) is 5.37. The van der Waals surface area contributed by atoms with Crippen LogP contribution in [0.5, 0.6) is 0 Å². The van der Waals surface area contributed by atoms with Crippen molar-refractivity contribution in [3.63, 3.8) is 0 Å². The number of unbranched alkanes of at least 4 members (excludes halogenated alkanes) is 15. The molecule has 5 N–H and O–H groups in total. The van der Waals surface area contributed by atoms with Crippen molar-refractivity contribution >= 4 is 19.2 Å². The van der Waals surface area contributed by atoms with Crippen LogP contribution in [0.25, 0.3) is 5.52 Å². The number of fused-ring (bicyclic) bond motifs is 1. The number of rotatable bonds is 29. The molecule has 14 heteroatoms. The first kappa shape index (κ1) is 45.0. The number of nitrogens with two attached hydrogens (primary N) is 1. The lowest BCUT2D eigenvalue weighted by molar-refractivity contribution is -0.102. The van der Waals surface area contributed by atoms with Crippen molar-refractivity contribution in [3.05, 3.63) is 24.2 Å². The van der Waals surface area contributed by atoms with E-state index in [2.05, 4.69) is 17.0 Å². The fraction of sp³-hybridized carbons (Fsp3) is 0.850. The quantitative estimate of drug-likeness (QED) is 0.0459. The molecule has 13 nitrogen and oxygen atoms in total. The molecule has 0 radical (unpaired) electrons. The van der Waals surface area contributed by atoms with Crippen LogP contribution in [-0.2, 0) is 27.8 Å². The van der Waals surface area contributed by atoms with E-state index in [4.69, 9.17) is 29.0 Å². The van der Waals surface area contributed by atoms with Gasteiger partial charge in [-0.1, -0.05) is 122 Å². The largest absolute Gasteiger partial charge is 0.472 e. The standard InChI is InChI=1S/C40H71N4O9P/c1-3-4-5-6-7-8-9-10-11-12-13-14-15-16-17-21-26-49-28-33(50-27-32-22-19-18-20-23-32)29-51-54(47,48)52-30-40(2)38(46)36(45)37(53-40)34-24-25-35-39(41)42-31-43-44(34)35/h24-25,31-33,36-38,45-46H,3-23,26-30H2,1-2H3,(H,47,48)(H2,41,42,43)/t33-,36+,37+,38+,40-/m1/s1. The highest BCUT2D eigenvalue weighted by Gasteiger charge is 2.53. The number of phosphoric acid groups is 1. The summed E-state index contributed by atoms with van der Waals surface area (Å²) in [4.78, 5) is 14.6. The molecule has 6 atom stereocenters. The van der Waals surface area contributed by atoms with Crippen LogP contribution >= 0.6 is 7.82 Å². The smallest absolute Gasteiger partial charge is 0.387 e. The van der Waals surface area contributed by atoms with E-state index in [-0.39, 0.29) is 19.0 Å². The third kappa shape index (κ3) is 15.0. The lowest BCUT2D eigenvalue weighted by atomic mass is 9.90. The highest BCUT2D eigenvalue weighted by atomic mass is 31.2. The van der Waals surface area contributed by atoms with Gasteiger partial charge in [-0.25, -0.2) is 14.1 Å². The minimum absolute atomic E-state index is 0.192. The molecule has 0 spiro atoms. The van der Waals surface area contributed by atoms with E-state index < -0.39 is 44.4 Å². The maximum absolute atomic E-state index is 13.1. The number of hydrogen-bond acceptors (Lipinski definition) is 11. The Morgan fingerprint density at radius 2 is 1.52 bits per heavy atom. The molecule has 2 aromatic heterocycles. The average molecular weight is 783 g/mol. The molecule has 1 aliphatic heterocycles. The van der Waals surface area contributed by atoms with Crippen molar-refractivity contribution in [3.8, 4) is 0 Å². The van der Waals surface area contributed by atoms with Crippen LogP contribution in [-0.4, -0.2) is 86.7 Å². The Morgan fingerprint density at radius 1 is 0.907 bits per heavy atom. The van der Waals surface area contributed by atoms with E-state index in [0.717, 1.165) is 25.7 Å². The van der Waals surface area contributed by atoms with Crippen molar-refractivity contribution in [2.75, 3.05) is 38.8 Å². The molecule has 0 aromatic carbocycles. The van der Waals surface area contributed by atoms with Gasteiger partial charge in [0.1, 0.15) is 41.9 Å². The highest BCUT2D eigenvalue weighted by molar-refractivity contribution is 7.47. The molecule has 310 valence electrons. The van der Waals surface area contributed by atoms with Gasteiger partial charge in [-0.05, 0) is 44.2 Å². The summed E-state index contributed by atoms with van der Waals surface area (Å²) in [5, 5.41) is 26.0. The Morgan fingerprint density at radius 3 is 2.15 bits per heavy atom. The molecule has 1 saturated heterocycles. The predicted octanol–water partition coefficient (Wildman–Crippen LogP) is 8.24. The first-order valence-electron chi connectivity index (χ1n) is 21.1. The van der Waals surface area contributed by atoms with Crippen molar-refractivity contribution in [1.29, 1.82) is 0 Å². The summed E-state index contributed by atoms with van der Waals surface area (Å²) >= 11 is 0. The molecule has 0 amide bonds. The van der Waals surface area contributed by atoms with Gasteiger partial charge in [0, 0.05) is 13.2 Å².